The van der Waals surface area contributed by atoms with Crippen LogP contribution >= 0.6 is 0 Å². The van der Waals surface area contributed by atoms with E-state index in [9.17, 15) is 9.59 Å². The van der Waals surface area contributed by atoms with Crippen molar-refractivity contribution in [2.75, 3.05) is 13.1 Å². The van der Waals surface area contributed by atoms with Gasteiger partial charge in [-0.3, -0.25) is 9.59 Å². The van der Waals surface area contributed by atoms with Crippen LogP contribution in [0.3, 0.4) is 0 Å². The summed E-state index contributed by atoms with van der Waals surface area (Å²) in [4.78, 5) is 28.7. The highest BCUT2D eigenvalue weighted by Gasteiger charge is 2.30. The first-order valence-corrected chi connectivity index (χ1v) is 7.02. The summed E-state index contributed by atoms with van der Waals surface area (Å²) >= 11 is 0. The Balaban J connectivity index is 1.63. The quantitative estimate of drug-likeness (QED) is 0.862. The van der Waals surface area contributed by atoms with E-state index in [4.69, 9.17) is 4.52 Å². The van der Waals surface area contributed by atoms with Crippen LogP contribution in [0.5, 0.6) is 0 Å². The summed E-state index contributed by atoms with van der Waals surface area (Å²) in [7, 11) is 0. The van der Waals surface area contributed by atoms with E-state index < -0.39 is 0 Å². The molecule has 7 heteroatoms. The average molecular weight is 278 g/mol. The van der Waals surface area contributed by atoms with Crippen LogP contribution in [0.1, 0.15) is 56.3 Å². The van der Waals surface area contributed by atoms with Gasteiger partial charge in [-0.15, -0.1) is 0 Å². The van der Waals surface area contributed by atoms with E-state index in [1.54, 1.807) is 6.92 Å². The third-order valence-electron chi connectivity index (χ3n) is 4.06. The summed E-state index contributed by atoms with van der Waals surface area (Å²) in [5, 5.41) is 6.86. The topological polar surface area (TPSA) is 88.3 Å². The van der Waals surface area contributed by atoms with Crippen molar-refractivity contribution in [3.63, 3.8) is 0 Å². The molecule has 1 aromatic rings. The monoisotopic (exact) mass is 278 g/mol. The zero-order valence-electron chi connectivity index (χ0n) is 11.5. The maximum absolute atomic E-state index is 11.3. The highest BCUT2D eigenvalue weighted by atomic mass is 16.5. The Kier molecular flexibility index (Phi) is 3.42. The number of nitrogens with one attached hydrogen (secondary N) is 1. The molecule has 0 unspecified atom stereocenters. The minimum Gasteiger partial charge on any atom is -0.344 e. The summed E-state index contributed by atoms with van der Waals surface area (Å²) < 4.78 is 5.27. The lowest BCUT2D eigenvalue weighted by atomic mass is 9.96. The van der Waals surface area contributed by atoms with Gasteiger partial charge in [-0.25, -0.2) is 0 Å². The fourth-order valence-corrected chi connectivity index (χ4v) is 2.81. The van der Waals surface area contributed by atoms with Crippen molar-refractivity contribution in [2.45, 2.75) is 44.6 Å². The smallest absolute Gasteiger partial charge is 0.249 e. The molecule has 3 heterocycles. The predicted octanol–water partition coefficient (Wildman–Crippen LogP) is 0.747. The number of nitrogens with zero attached hydrogens (tertiary/aromatic N) is 3. The highest BCUT2D eigenvalue weighted by molar-refractivity contribution is 5.78. The molecule has 1 atom stereocenters. The maximum atomic E-state index is 11.3. The van der Waals surface area contributed by atoms with E-state index in [1.807, 2.05) is 4.90 Å². The normalized spacial score (nSPS) is 23.9. The third kappa shape index (κ3) is 2.52. The van der Waals surface area contributed by atoms with Crippen LogP contribution in [0, 0.1) is 0 Å². The lowest BCUT2D eigenvalue weighted by molar-refractivity contribution is -0.129. The standard InChI is InChI=1S/C13H18N4O3/c1-8(18)17-6-4-9(5-7-17)12-15-13(20-16-12)10-2-3-11(19)14-10/h9-10H,2-7H2,1H3,(H,14,19)/t10-/m1/s1. The van der Waals surface area contributed by atoms with E-state index in [0.717, 1.165) is 25.9 Å². The van der Waals surface area contributed by atoms with Crippen LogP contribution in [0.2, 0.25) is 0 Å². The van der Waals surface area contributed by atoms with Gasteiger partial charge < -0.3 is 14.7 Å². The molecule has 2 aliphatic heterocycles. The second-order valence-corrected chi connectivity index (χ2v) is 5.43. The Morgan fingerprint density at radius 2 is 2.10 bits per heavy atom. The van der Waals surface area contributed by atoms with Crippen molar-refractivity contribution in [3.8, 4) is 0 Å². The lowest BCUT2D eigenvalue weighted by Gasteiger charge is -2.29. The van der Waals surface area contributed by atoms with Crippen LogP contribution < -0.4 is 5.32 Å². The number of carbonyl (C=O) groups is 2. The number of carbonyl (C=O) groups excluding carboxylic acids is 2. The van der Waals surface area contributed by atoms with Crippen LogP contribution in [0.15, 0.2) is 4.52 Å². The summed E-state index contributed by atoms with van der Waals surface area (Å²) in [6.45, 7) is 3.07. The van der Waals surface area contributed by atoms with Gasteiger partial charge >= 0.3 is 0 Å². The Labute approximate surface area is 116 Å². The molecule has 0 aliphatic carbocycles. The lowest BCUT2D eigenvalue weighted by Crippen LogP contribution is -2.36. The minimum atomic E-state index is -0.138. The Morgan fingerprint density at radius 1 is 1.35 bits per heavy atom. The SMILES string of the molecule is CC(=O)N1CCC(c2noc([C@H]3CCC(=O)N3)n2)CC1. The summed E-state index contributed by atoms with van der Waals surface area (Å²) in [6, 6.07) is -0.138. The zero-order valence-corrected chi connectivity index (χ0v) is 11.5. The predicted molar refractivity (Wildman–Crippen MR) is 68.6 cm³/mol. The Morgan fingerprint density at radius 3 is 2.70 bits per heavy atom. The van der Waals surface area contributed by atoms with Crippen molar-refractivity contribution in [2.24, 2.45) is 0 Å². The first-order chi connectivity index (χ1) is 9.63. The molecule has 2 aliphatic rings. The van der Waals surface area contributed by atoms with Crippen molar-refractivity contribution < 1.29 is 14.1 Å². The van der Waals surface area contributed by atoms with Crippen LogP contribution in [-0.2, 0) is 9.59 Å². The number of piperidine rings is 1. The molecule has 3 rings (SSSR count). The number of likely N-dealkylation sites (tertiary alicyclic amines) is 1. The van der Waals surface area contributed by atoms with E-state index in [1.165, 1.54) is 0 Å². The van der Waals surface area contributed by atoms with Gasteiger partial charge in [-0.05, 0) is 19.3 Å². The van der Waals surface area contributed by atoms with Crippen LogP contribution in [-0.4, -0.2) is 39.9 Å². The van der Waals surface area contributed by atoms with Gasteiger partial charge in [0, 0.05) is 32.4 Å². The molecule has 2 amide bonds. The summed E-state index contributed by atoms with van der Waals surface area (Å²) in [5.74, 6) is 1.58. The van der Waals surface area contributed by atoms with Gasteiger partial charge in [0.25, 0.3) is 0 Å². The number of hydrogen-bond acceptors (Lipinski definition) is 5. The molecular weight excluding hydrogens is 260 g/mol. The molecule has 1 N–H and O–H groups in total. The molecular formula is C13H18N4O3. The molecule has 2 saturated heterocycles. The number of amides is 2. The van der Waals surface area contributed by atoms with E-state index in [-0.39, 0.29) is 23.8 Å². The molecule has 0 spiro atoms. The second-order valence-electron chi connectivity index (χ2n) is 5.43. The van der Waals surface area contributed by atoms with Crippen LogP contribution in [0.25, 0.3) is 0 Å². The first-order valence-electron chi connectivity index (χ1n) is 7.02. The fourth-order valence-electron chi connectivity index (χ4n) is 2.81. The Hall–Kier alpha value is -1.92. The fraction of sp³-hybridized carbons (Fsp3) is 0.692. The third-order valence-corrected chi connectivity index (χ3v) is 4.06. The maximum Gasteiger partial charge on any atom is 0.249 e. The van der Waals surface area contributed by atoms with Gasteiger partial charge in [0.2, 0.25) is 17.7 Å². The van der Waals surface area contributed by atoms with Crippen LogP contribution in [0.4, 0.5) is 0 Å². The average Bonchev–Trinajstić information content (AvgIpc) is 3.07. The van der Waals surface area contributed by atoms with Crippen molar-refractivity contribution in [3.05, 3.63) is 11.7 Å². The largest absolute Gasteiger partial charge is 0.344 e. The zero-order chi connectivity index (χ0) is 14.1. The van der Waals surface area contributed by atoms with E-state index in [2.05, 4.69) is 15.5 Å². The van der Waals surface area contributed by atoms with E-state index >= 15 is 0 Å². The molecule has 1 aromatic heterocycles. The highest BCUT2D eigenvalue weighted by Crippen LogP contribution is 2.28. The van der Waals surface area contributed by atoms with E-state index in [0.29, 0.717) is 24.6 Å². The van der Waals surface area contributed by atoms with Crippen molar-refractivity contribution in [1.29, 1.82) is 0 Å². The van der Waals surface area contributed by atoms with Crippen molar-refractivity contribution >= 4 is 11.8 Å². The van der Waals surface area contributed by atoms with Gasteiger partial charge in [0.15, 0.2) is 5.82 Å². The molecule has 0 aromatic carbocycles. The number of rotatable bonds is 2. The second kappa shape index (κ2) is 5.22. The summed E-state index contributed by atoms with van der Waals surface area (Å²) in [6.07, 6.45) is 2.94. The van der Waals surface area contributed by atoms with Gasteiger partial charge in [0.1, 0.15) is 6.04 Å². The number of aromatic nitrogens is 2. The van der Waals surface area contributed by atoms with Gasteiger partial charge in [0.05, 0.1) is 0 Å². The van der Waals surface area contributed by atoms with Gasteiger partial charge in [-0.1, -0.05) is 5.16 Å². The number of hydrogen-bond donors (Lipinski definition) is 1. The minimum absolute atomic E-state index is 0.0320. The van der Waals surface area contributed by atoms with Gasteiger partial charge in [-0.2, -0.15) is 4.98 Å². The molecule has 0 radical (unpaired) electrons. The van der Waals surface area contributed by atoms with Crippen molar-refractivity contribution in [1.82, 2.24) is 20.4 Å². The molecule has 0 bridgehead atoms. The molecule has 20 heavy (non-hydrogen) atoms. The summed E-state index contributed by atoms with van der Waals surface area (Å²) in [5.41, 5.74) is 0. The molecule has 108 valence electrons. The Bertz CT molecular complexity index is 519. The first kappa shape index (κ1) is 13.1. The molecule has 2 fully saturated rings. The molecule has 7 nitrogen and oxygen atoms in total. The molecule has 0 saturated carbocycles.